The number of fused-ring (bicyclic) bond motifs is 1. The standard InChI is InChI=1S/C16H23N3O2/c1-16(2,21)10-19(3)15(20)13(17)8-11-9-18-14-7-5-4-6-12(11)14/h4-7,9,13,18,21H,8,10,17H2,1-3H3. The van der Waals surface area contributed by atoms with Gasteiger partial charge in [-0.1, -0.05) is 18.2 Å². The third kappa shape index (κ3) is 3.83. The zero-order valence-corrected chi connectivity index (χ0v) is 12.8. The van der Waals surface area contributed by atoms with Crippen molar-refractivity contribution >= 4 is 16.8 Å². The second-order valence-corrected chi connectivity index (χ2v) is 6.18. The van der Waals surface area contributed by atoms with E-state index in [4.69, 9.17) is 5.73 Å². The van der Waals surface area contributed by atoms with Gasteiger partial charge in [-0.2, -0.15) is 0 Å². The van der Waals surface area contributed by atoms with Crippen LogP contribution in [0.1, 0.15) is 19.4 Å². The lowest BCUT2D eigenvalue weighted by molar-refractivity contribution is -0.133. The van der Waals surface area contributed by atoms with Gasteiger partial charge in [0.05, 0.1) is 11.6 Å². The minimum atomic E-state index is -0.926. The minimum Gasteiger partial charge on any atom is -0.389 e. The number of rotatable bonds is 5. The van der Waals surface area contributed by atoms with E-state index in [1.54, 1.807) is 20.9 Å². The molecule has 1 aromatic heterocycles. The Morgan fingerprint density at radius 1 is 1.43 bits per heavy atom. The van der Waals surface area contributed by atoms with E-state index in [0.29, 0.717) is 6.42 Å². The first-order valence-electron chi connectivity index (χ1n) is 7.06. The lowest BCUT2D eigenvalue weighted by atomic mass is 10.0. The van der Waals surface area contributed by atoms with E-state index in [1.165, 1.54) is 4.90 Å². The van der Waals surface area contributed by atoms with E-state index in [1.807, 2.05) is 30.5 Å². The lowest BCUT2D eigenvalue weighted by Crippen LogP contribution is -2.47. The molecular weight excluding hydrogens is 266 g/mol. The topological polar surface area (TPSA) is 82.3 Å². The van der Waals surface area contributed by atoms with Crippen LogP contribution in [0.25, 0.3) is 10.9 Å². The number of nitrogens with zero attached hydrogens (tertiary/aromatic N) is 1. The van der Waals surface area contributed by atoms with Crippen molar-refractivity contribution < 1.29 is 9.90 Å². The highest BCUT2D eigenvalue weighted by Crippen LogP contribution is 2.19. The fourth-order valence-corrected chi connectivity index (χ4v) is 2.57. The normalized spacial score (nSPS) is 13.4. The number of carbonyl (C=O) groups excluding carboxylic acids is 1. The predicted molar refractivity (Wildman–Crippen MR) is 83.9 cm³/mol. The maximum absolute atomic E-state index is 12.3. The Morgan fingerprint density at radius 3 is 2.76 bits per heavy atom. The van der Waals surface area contributed by atoms with Crippen molar-refractivity contribution in [1.29, 1.82) is 0 Å². The van der Waals surface area contributed by atoms with E-state index < -0.39 is 11.6 Å². The zero-order valence-electron chi connectivity index (χ0n) is 12.8. The molecule has 0 saturated heterocycles. The summed E-state index contributed by atoms with van der Waals surface area (Å²) in [6.45, 7) is 3.59. The van der Waals surface area contributed by atoms with Crippen molar-refractivity contribution in [3.8, 4) is 0 Å². The van der Waals surface area contributed by atoms with Gasteiger partial charge in [-0.15, -0.1) is 0 Å². The van der Waals surface area contributed by atoms with Gasteiger partial charge in [0.1, 0.15) is 0 Å². The number of likely N-dealkylation sites (N-methyl/N-ethyl adjacent to an activating group) is 1. The number of aliphatic hydroxyl groups is 1. The second kappa shape index (κ2) is 5.87. The van der Waals surface area contributed by atoms with Crippen molar-refractivity contribution in [2.75, 3.05) is 13.6 Å². The summed E-state index contributed by atoms with van der Waals surface area (Å²) in [5.74, 6) is -0.164. The number of benzene rings is 1. The number of hydrogen-bond acceptors (Lipinski definition) is 3. The molecule has 0 fully saturated rings. The van der Waals surface area contributed by atoms with Crippen molar-refractivity contribution in [1.82, 2.24) is 9.88 Å². The maximum Gasteiger partial charge on any atom is 0.239 e. The highest BCUT2D eigenvalue weighted by molar-refractivity contribution is 5.86. The summed E-state index contributed by atoms with van der Waals surface area (Å²) in [5, 5.41) is 10.9. The van der Waals surface area contributed by atoms with Gasteiger partial charge >= 0.3 is 0 Å². The molecule has 0 radical (unpaired) electrons. The molecule has 0 bridgehead atoms. The Morgan fingerprint density at radius 2 is 2.10 bits per heavy atom. The molecule has 0 aliphatic heterocycles. The molecule has 2 aromatic rings. The van der Waals surface area contributed by atoms with Crippen LogP contribution in [-0.2, 0) is 11.2 Å². The lowest BCUT2D eigenvalue weighted by Gasteiger charge is -2.27. The summed E-state index contributed by atoms with van der Waals surface area (Å²) in [6.07, 6.45) is 2.37. The van der Waals surface area contributed by atoms with E-state index in [0.717, 1.165) is 16.5 Å². The monoisotopic (exact) mass is 289 g/mol. The number of hydrogen-bond donors (Lipinski definition) is 3. The largest absolute Gasteiger partial charge is 0.389 e. The molecule has 1 unspecified atom stereocenters. The molecule has 0 saturated carbocycles. The molecule has 0 aliphatic carbocycles. The fourth-order valence-electron chi connectivity index (χ4n) is 2.57. The Bertz CT molecular complexity index is 628. The minimum absolute atomic E-state index is 0.164. The third-order valence-electron chi connectivity index (χ3n) is 3.43. The molecule has 4 N–H and O–H groups in total. The molecule has 2 rings (SSSR count). The molecule has 1 aromatic carbocycles. The number of carbonyl (C=O) groups is 1. The predicted octanol–water partition coefficient (Wildman–Crippen LogP) is 1.27. The first kappa shape index (κ1) is 15.5. The number of aromatic nitrogens is 1. The highest BCUT2D eigenvalue weighted by Gasteiger charge is 2.24. The van der Waals surface area contributed by atoms with Gasteiger partial charge < -0.3 is 20.7 Å². The van der Waals surface area contributed by atoms with Gasteiger partial charge in [0, 0.05) is 30.7 Å². The summed E-state index contributed by atoms with van der Waals surface area (Å²) < 4.78 is 0. The average Bonchev–Trinajstić information content (AvgIpc) is 2.79. The van der Waals surface area contributed by atoms with Crippen LogP contribution < -0.4 is 5.73 Å². The van der Waals surface area contributed by atoms with Crippen LogP contribution in [-0.4, -0.2) is 46.1 Å². The summed E-state index contributed by atoms with van der Waals surface area (Å²) in [4.78, 5) is 16.9. The SMILES string of the molecule is CN(CC(C)(C)O)C(=O)C(N)Cc1c[nH]c2ccccc12. The van der Waals surface area contributed by atoms with E-state index in [-0.39, 0.29) is 12.5 Å². The van der Waals surface area contributed by atoms with Crippen LogP contribution in [0.4, 0.5) is 0 Å². The molecule has 5 heteroatoms. The molecule has 0 spiro atoms. The van der Waals surface area contributed by atoms with E-state index >= 15 is 0 Å². The van der Waals surface area contributed by atoms with Crippen LogP contribution in [0.2, 0.25) is 0 Å². The number of para-hydroxylation sites is 1. The van der Waals surface area contributed by atoms with Crippen molar-refractivity contribution in [2.24, 2.45) is 5.73 Å². The summed E-state index contributed by atoms with van der Waals surface area (Å²) in [5.41, 5.74) is 7.18. The molecule has 1 atom stereocenters. The molecule has 114 valence electrons. The number of nitrogens with one attached hydrogen (secondary N) is 1. The number of aromatic amines is 1. The van der Waals surface area contributed by atoms with Crippen LogP contribution in [0.15, 0.2) is 30.5 Å². The molecular formula is C16H23N3O2. The molecule has 0 aliphatic rings. The smallest absolute Gasteiger partial charge is 0.239 e. The summed E-state index contributed by atoms with van der Waals surface area (Å²) >= 11 is 0. The molecule has 5 nitrogen and oxygen atoms in total. The van der Waals surface area contributed by atoms with E-state index in [2.05, 4.69) is 4.98 Å². The van der Waals surface area contributed by atoms with Crippen LogP contribution in [0.5, 0.6) is 0 Å². The van der Waals surface area contributed by atoms with Gasteiger partial charge in [-0.25, -0.2) is 0 Å². The Balaban J connectivity index is 2.07. The first-order valence-corrected chi connectivity index (χ1v) is 7.06. The Kier molecular flexibility index (Phi) is 4.34. The van der Waals surface area contributed by atoms with Gasteiger partial charge in [0.2, 0.25) is 5.91 Å². The Hall–Kier alpha value is -1.85. The van der Waals surface area contributed by atoms with Crippen LogP contribution >= 0.6 is 0 Å². The maximum atomic E-state index is 12.3. The average molecular weight is 289 g/mol. The Labute approximate surface area is 124 Å². The van der Waals surface area contributed by atoms with Gasteiger partial charge in [0.15, 0.2) is 0 Å². The van der Waals surface area contributed by atoms with Gasteiger partial charge in [0.25, 0.3) is 0 Å². The zero-order chi connectivity index (χ0) is 15.6. The van der Waals surface area contributed by atoms with Crippen LogP contribution in [0, 0.1) is 0 Å². The number of nitrogens with two attached hydrogens (primary N) is 1. The summed E-state index contributed by atoms with van der Waals surface area (Å²) in [6, 6.07) is 7.32. The number of amides is 1. The van der Waals surface area contributed by atoms with Crippen molar-refractivity contribution in [2.45, 2.75) is 31.9 Å². The molecule has 21 heavy (non-hydrogen) atoms. The third-order valence-corrected chi connectivity index (χ3v) is 3.43. The number of H-pyrrole nitrogens is 1. The van der Waals surface area contributed by atoms with Crippen LogP contribution in [0.3, 0.4) is 0 Å². The molecule has 1 amide bonds. The second-order valence-electron chi connectivity index (χ2n) is 6.18. The fraction of sp³-hybridized carbons (Fsp3) is 0.438. The van der Waals surface area contributed by atoms with Crippen molar-refractivity contribution in [3.63, 3.8) is 0 Å². The van der Waals surface area contributed by atoms with Gasteiger partial charge in [-0.05, 0) is 31.9 Å². The van der Waals surface area contributed by atoms with Gasteiger partial charge in [-0.3, -0.25) is 4.79 Å². The van der Waals surface area contributed by atoms with E-state index in [9.17, 15) is 9.90 Å². The van der Waals surface area contributed by atoms with Crippen molar-refractivity contribution in [3.05, 3.63) is 36.0 Å². The highest BCUT2D eigenvalue weighted by atomic mass is 16.3. The first-order chi connectivity index (χ1) is 9.78. The molecule has 1 heterocycles. The quantitative estimate of drug-likeness (QED) is 0.775. The summed E-state index contributed by atoms with van der Waals surface area (Å²) in [7, 11) is 1.66.